The second kappa shape index (κ2) is 16.8. The highest BCUT2D eigenvalue weighted by Crippen LogP contribution is 2.40. The van der Waals surface area contributed by atoms with Crippen LogP contribution >= 0.6 is 0 Å². The molecule has 2 nitrogen and oxygen atoms in total. The van der Waals surface area contributed by atoms with Crippen molar-refractivity contribution in [3.8, 4) is 44.8 Å². The van der Waals surface area contributed by atoms with Crippen LogP contribution in [0.15, 0.2) is 279 Å². The van der Waals surface area contributed by atoms with Gasteiger partial charge in [0.05, 0.1) is 59.3 Å². The first kappa shape index (κ1) is 23.3. The van der Waals surface area contributed by atoms with E-state index in [1.807, 2.05) is 66.7 Å². The normalized spacial score (nSPS) is 16.4. The van der Waals surface area contributed by atoms with E-state index in [0.29, 0.717) is 5.69 Å². The molecular formula is C66H46N2Si. The summed E-state index contributed by atoms with van der Waals surface area (Å²) in [6.07, 6.45) is 0. The molecule has 0 radical (unpaired) electrons. The van der Waals surface area contributed by atoms with E-state index >= 15 is 0 Å². The Labute approximate surface area is 435 Å². The number of hydrogen-bond acceptors (Lipinski definition) is 0. The lowest BCUT2D eigenvalue weighted by atomic mass is 9.97. The van der Waals surface area contributed by atoms with E-state index in [1.165, 1.54) is 28.8 Å². The molecule has 13 aromatic rings. The molecule has 0 spiro atoms. The van der Waals surface area contributed by atoms with E-state index in [4.69, 9.17) is 12.3 Å². The lowest BCUT2D eigenvalue weighted by molar-refractivity contribution is 1.18. The van der Waals surface area contributed by atoms with Crippen molar-refractivity contribution in [1.82, 2.24) is 9.13 Å². The summed E-state index contributed by atoms with van der Waals surface area (Å²) in [4.78, 5) is 0. The maximum atomic E-state index is 10.2. The van der Waals surface area contributed by atoms with Gasteiger partial charge in [-0.25, -0.2) is 0 Å². The van der Waals surface area contributed by atoms with Crippen molar-refractivity contribution in [2.24, 2.45) is 0 Å². The molecule has 0 bridgehead atoms. The Morgan fingerprint density at radius 1 is 0.304 bits per heavy atom. The molecule has 0 fully saturated rings. The highest BCUT2D eigenvalue weighted by atomic mass is 28.3. The Bertz CT molecular complexity index is 5260. The Kier molecular flexibility index (Phi) is 5.69. The number of benzene rings is 11. The van der Waals surface area contributed by atoms with Gasteiger partial charge < -0.3 is 9.13 Å². The van der Waals surface area contributed by atoms with E-state index in [0.717, 1.165) is 25.3 Å². The van der Waals surface area contributed by atoms with Crippen molar-refractivity contribution in [2.75, 3.05) is 0 Å². The van der Waals surface area contributed by atoms with Crippen LogP contribution in [0.25, 0.3) is 88.4 Å². The van der Waals surface area contributed by atoms with Crippen molar-refractivity contribution in [1.29, 1.82) is 0 Å². The fourth-order valence-corrected chi connectivity index (χ4v) is 14.4. The van der Waals surface area contributed by atoms with Gasteiger partial charge in [-0.2, -0.15) is 0 Å². The Morgan fingerprint density at radius 2 is 0.754 bits per heavy atom. The van der Waals surface area contributed by atoms with Crippen molar-refractivity contribution >= 4 is 72.4 Å². The van der Waals surface area contributed by atoms with Gasteiger partial charge >= 0.3 is 0 Å². The van der Waals surface area contributed by atoms with Gasteiger partial charge in [-0.15, -0.1) is 0 Å². The van der Waals surface area contributed by atoms with Gasteiger partial charge in [-0.3, -0.25) is 0 Å². The zero-order chi connectivity index (χ0) is 65.7. The molecule has 0 saturated carbocycles. The molecular weight excluding hydrogens is 849 g/mol. The molecule has 0 N–H and O–H groups in total. The molecule has 11 aromatic carbocycles. The Morgan fingerprint density at radius 3 is 1.35 bits per heavy atom. The van der Waals surface area contributed by atoms with Gasteiger partial charge in [0.25, 0.3) is 0 Å². The molecule has 69 heavy (non-hydrogen) atoms. The molecule has 3 heteroatoms. The van der Waals surface area contributed by atoms with Gasteiger partial charge in [0.15, 0.2) is 8.07 Å². The van der Waals surface area contributed by atoms with E-state index in [2.05, 4.69) is 36.4 Å². The zero-order valence-electron chi connectivity index (χ0n) is 59.2. The van der Waals surface area contributed by atoms with Gasteiger partial charge in [0.2, 0.25) is 0 Å². The smallest absolute Gasteiger partial charge is 0.179 e. The quantitative estimate of drug-likeness (QED) is 0.101. The number of aromatic nitrogens is 2. The van der Waals surface area contributed by atoms with Crippen LogP contribution in [0.4, 0.5) is 0 Å². The van der Waals surface area contributed by atoms with Gasteiger partial charge in [-0.05, 0) is 109 Å². The molecule has 0 atom stereocenters. The molecule has 324 valence electrons. The minimum atomic E-state index is -3.32. The van der Waals surface area contributed by atoms with E-state index in [9.17, 15) is 19.2 Å². The van der Waals surface area contributed by atoms with Crippen LogP contribution in [0.2, 0.25) is 0 Å². The van der Waals surface area contributed by atoms with Crippen LogP contribution in [-0.4, -0.2) is 17.2 Å². The monoisotopic (exact) mass is 917 g/mol. The maximum absolute atomic E-state index is 10.2. The Hall–Kier alpha value is -8.76. The van der Waals surface area contributed by atoms with E-state index in [-0.39, 0.29) is 44.1 Å². The summed E-state index contributed by atoms with van der Waals surface area (Å²) in [5.41, 5.74) is -4.19. The first-order chi connectivity index (χ1) is 43.8. The highest BCUT2D eigenvalue weighted by Gasteiger charge is 2.41. The summed E-state index contributed by atoms with van der Waals surface area (Å²) in [6, 6.07) is 25.6. The number of nitrogens with zero attached hydrogens (tertiary/aromatic N) is 2. The number of rotatable bonds is 9. The number of fused-ring (bicyclic) bond motifs is 6. The topological polar surface area (TPSA) is 9.86 Å². The first-order valence-corrected chi connectivity index (χ1v) is 24.0. The lowest BCUT2D eigenvalue weighted by Gasteiger charge is -2.34. The number of hydrogen-bond donors (Lipinski definition) is 0. The lowest BCUT2D eigenvalue weighted by Crippen LogP contribution is -2.74. The predicted molar refractivity (Wildman–Crippen MR) is 295 cm³/mol. The summed E-state index contributed by atoms with van der Waals surface area (Å²) in [5.74, 6) is 0. The second-order valence-corrected chi connectivity index (χ2v) is 20.0. The van der Waals surface area contributed by atoms with Crippen molar-refractivity contribution in [3.05, 3.63) is 279 Å². The summed E-state index contributed by atoms with van der Waals surface area (Å²) in [5, 5.41) is 2.44. The predicted octanol–water partition coefficient (Wildman–Crippen LogP) is 14.3. The largest absolute Gasteiger partial charge is 0.309 e. The molecule has 0 saturated heterocycles. The highest BCUT2D eigenvalue weighted by molar-refractivity contribution is 7.19. The fourth-order valence-electron chi connectivity index (χ4n) is 9.58. The summed E-state index contributed by atoms with van der Waals surface area (Å²) in [6.45, 7) is 0. The van der Waals surface area contributed by atoms with Crippen LogP contribution in [0, 0.1) is 0 Å². The SMILES string of the molecule is [2H]c1c([2H])c([2H])c(-c2ccccc2-n2c3c([2H])c([2H])c([2H])c([2H])c3c3c([2H])c(-c4c([2H])c([2H])c([2H])c(-c5c([2H])c([2H])c6c(c5[2H])c5c([2H])c([2H])c([2H])c([2H])c5n6-c5cccc([Si](c6ccccc6)(c6ccccc6)c6ccccc6)c5)c4[2H])c([2H])c([2H])c32)c([2H])c1[2H]. The molecule has 0 aliphatic carbocycles. The third kappa shape index (κ3) is 6.70. The standard InChI is InChI=1S/C66H46N2Si/c1-5-21-47(22-6-1)57-33-13-16-36-62(57)68-64-38-18-15-35-59(64)61-45-51(40-42-66(61)68)49-24-19-23-48(43-49)50-39-41-65-60(44-50)58-34-14-17-37-63(58)67(65)52-25-20-32-56(46-52)69(53-26-7-2-8-27-53,54-28-9-3-10-29-54)55-30-11-4-12-31-55/h1-46H/i1D,5D,6D,14D,15D,17D,18D,19D,21D,22D,23D,24D,34D,35D,37D,38D,39D,40D,41D,42D,43D,44D,45D. The van der Waals surface area contributed by atoms with Gasteiger partial charge in [-0.1, -0.05) is 218 Å². The van der Waals surface area contributed by atoms with E-state index in [1.54, 1.807) is 12.1 Å². The Balaban J connectivity index is 1.11. The third-order valence-electron chi connectivity index (χ3n) is 12.5. The molecule has 2 heterocycles. The third-order valence-corrected chi connectivity index (χ3v) is 17.3. The summed E-state index contributed by atoms with van der Waals surface area (Å²) >= 11 is 0. The molecule has 13 rings (SSSR count). The zero-order valence-corrected chi connectivity index (χ0v) is 37.2. The van der Waals surface area contributed by atoms with Crippen LogP contribution < -0.4 is 20.7 Å². The molecule has 2 aromatic heterocycles. The van der Waals surface area contributed by atoms with Gasteiger partial charge in [0, 0.05) is 32.8 Å². The minimum Gasteiger partial charge on any atom is -0.309 e. The number of para-hydroxylation sites is 3. The van der Waals surface area contributed by atoms with Crippen molar-refractivity contribution < 1.29 is 31.5 Å². The summed E-state index contributed by atoms with van der Waals surface area (Å²) < 4.78 is 217. The average Bonchev–Trinajstić information content (AvgIpc) is 1.51. The van der Waals surface area contributed by atoms with Crippen LogP contribution in [0.3, 0.4) is 0 Å². The maximum Gasteiger partial charge on any atom is 0.179 e. The van der Waals surface area contributed by atoms with Gasteiger partial charge in [0.1, 0.15) is 0 Å². The van der Waals surface area contributed by atoms with Crippen molar-refractivity contribution in [2.45, 2.75) is 0 Å². The van der Waals surface area contributed by atoms with Crippen LogP contribution in [0.5, 0.6) is 0 Å². The van der Waals surface area contributed by atoms with Crippen molar-refractivity contribution in [3.63, 3.8) is 0 Å². The molecule has 0 aliphatic heterocycles. The van der Waals surface area contributed by atoms with Crippen LogP contribution in [-0.2, 0) is 0 Å². The molecule has 0 unspecified atom stereocenters. The summed E-state index contributed by atoms with van der Waals surface area (Å²) in [7, 11) is -3.32. The average molecular weight is 918 g/mol. The fraction of sp³-hybridized carbons (Fsp3) is 0. The van der Waals surface area contributed by atoms with Crippen LogP contribution in [0.1, 0.15) is 31.5 Å². The molecule has 0 amide bonds. The second-order valence-electron chi connectivity index (χ2n) is 16.2. The minimum absolute atomic E-state index is 0.0677. The molecule has 0 aliphatic rings. The first-order valence-electron chi connectivity index (χ1n) is 33.5. The van der Waals surface area contributed by atoms with E-state index < -0.39 is 186 Å².